The van der Waals surface area contributed by atoms with Crippen molar-refractivity contribution in [2.45, 2.75) is 6.04 Å². The van der Waals surface area contributed by atoms with Gasteiger partial charge in [-0.2, -0.15) is 15.6 Å². The van der Waals surface area contributed by atoms with Gasteiger partial charge in [0.2, 0.25) is 6.04 Å². The van der Waals surface area contributed by atoms with Crippen molar-refractivity contribution in [1.82, 2.24) is 0 Å². The third-order valence-electron chi connectivity index (χ3n) is 1.90. The highest BCUT2D eigenvalue weighted by Crippen LogP contribution is 2.31. The average Bonchev–Trinajstić information content (AvgIpc) is 2.39. The summed E-state index contributed by atoms with van der Waals surface area (Å²) < 4.78 is 4.94. The Hall–Kier alpha value is -3.00. The van der Waals surface area contributed by atoms with E-state index in [2.05, 4.69) is 10.2 Å². The van der Waals surface area contributed by atoms with Crippen LogP contribution < -0.4 is 4.74 Å². The Morgan fingerprint density at radius 1 is 1.44 bits per heavy atom. The van der Waals surface area contributed by atoms with Crippen LogP contribution in [0.1, 0.15) is 0 Å². The van der Waals surface area contributed by atoms with Crippen molar-refractivity contribution in [3.8, 4) is 17.9 Å². The van der Waals surface area contributed by atoms with Crippen molar-refractivity contribution in [2.75, 3.05) is 7.11 Å². The Labute approximate surface area is 102 Å². The normalized spacial score (nSPS) is 10.0. The van der Waals surface area contributed by atoms with Crippen molar-refractivity contribution < 1.29 is 9.66 Å². The topological polar surface area (TPSA) is 125 Å². The summed E-state index contributed by atoms with van der Waals surface area (Å²) in [7, 11) is 1.37. The largest absolute Gasteiger partial charge is 0.494 e. The van der Waals surface area contributed by atoms with Gasteiger partial charge in [-0.1, -0.05) is 0 Å². The number of nitro groups is 1. The van der Waals surface area contributed by atoms with E-state index in [1.807, 2.05) is 0 Å². The molecule has 0 fully saturated rings. The van der Waals surface area contributed by atoms with E-state index in [1.165, 1.54) is 19.2 Å². The monoisotopic (exact) mass is 245 g/mol. The minimum absolute atomic E-state index is 0.0854. The van der Waals surface area contributed by atoms with E-state index in [0.29, 0.717) is 0 Å². The molecule has 0 N–H and O–H groups in total. The number of nitriles is 2. The van der Waals surface area contributed by atoms with Gasteiger partial charge in [-0.05, 0) is 6.07 Å². The van der Waals surface area contributed by atoms with Crippen LogP contribution in [0.3, 0.4) is 0 Å². The fourth-order valence-corrected chi connectivity index (χ4v) is 1.07. The molecule has 90 valence electrons. The highest BCUT2D eigenvalue weighted by molar-refractivity contribution is 5.57. The summed E-state index contributed by atoms with van der Waals surface area (Å²) in [5.74, 6) is 0.263. The van der Waals surface area contributed by atoms with E-state index in [-0.39, 0.29) is 17.1 Å². The van der Waals surface area contributed by atoms with E-state index in [1.54, 1.807) is 12.1 Å². The summed E-state index contributed by atoms with van der Waals surface area (Å²) in [6, 6.07) is 5.71. The molecule has 0 unspecified atom stereocenters. The molecule has 0 aliphatic heterocycles. The molecule has 0 spiro atoms. The predicted octanol–water partition coefficient (Wildman–Crippen LogP) is 2.10. The minimum atomic E-state index is -1.26. The number of hydrogen-bond acceptors (Lipinski definition) is 7. The number of benzene rings is 1. The standard InChI is InChI=1S/C10H7N5O3/c1-18-10-3-2-8(15(16)17)4-9(10)14-13-7(5-11)6-12/h2-4,7H,1H3. The molecule has 0 saturated carbocycles. The van der Waals surface area contributed by atoms with Gasteiger partial charge in [0.1, 0.15) is 23.6 Å². The van der Waals surface area contributed by atoms with Crippen molar-refractivity contribution in [1.29, 1.82) is 10.5 Å². The second kappa shape index (κ2) is 5.92. The molecule has 0 aliphatic rings. The predicted molar refractivity (Wildman–Crippen MR) is 59.2 cm³/mol. The number of nitrogens with zero attached hydrogens (tertiary/aromatic N) is 5. The smallest absolute Gasteiger partial charge is 0.271 e. The molecule has 8 heteroatoms. The van der Waals surface area contributed by atoms with Crippen molar-refractivity contribution >= 4 is 11.4 Å². The third kappa shape index (κ3) is 3.00. The van der Waals surface area contributed by atoms with Gasteiger partial charge >= 0.3 is 0 Å². The minimum Gasteiger partial charge on any atom is -0.494 e. The first-order valence-corrected chi connectivity index (χ1v) is 4.65. The van der Waals surface area contributed by atoms with Crippen molar-refractivity contribution in [3.05, 3.63) is 28.3 Å². The molecule has 1 aromatic rings. The molecule has 0 aromatic heterocycles. The van der Waals surface area contributed by atoms with Crippen LogP contribution in [-0.4, -0.2) is 18.1 Å². The van der Waals surface area contributed by atoms with Crippen LogP contribution >= 0.6 is 0 Å². The Morgan fingerprint density at radius 3 is 2.61 bits per heavy atom. The number of methoxy groups -OCH3 is 1. The molecule has 1 rings (SSSR count). The van der Waals surface area contributed by atoms with Gasteiger partial charge in [0.05, 0.1) is 12.0 Å². The van der Waals surface area contributed by atoms with E-state index in [4.69, 9.17) is 15.3 Å². The SMILES string of the molecule is COc1ccc([N+](=O)[O-])cc1N=NC(C#N)C#N. The maximum absolute atomic E-state index is 10.6. The molecular weight excluding hydrogens is 238 g/mol. The van der Waals surface area contributed by atoms with Gasteiger partial charge in [-0.3, -0.25) is 10.1 Å². The molecule has 0 radical (unpaired) electrons. The van der Waals surface area contributed by atoms with Crippen LogP contribution in [0.25, 0.3) is 0 Å². The van der Waals surface area contributed by atoms with Gasteiger partial charge in [-0.15, -0.1) is 5.11 Å². The van der Waals surface area contributed by atoms with Gasteiger partial charge in [0, 0.05) is 12.1 Å². The molecule has 0 amide bonds. The molecule has 0 saturated heterocycles. The fraction of sp³-hybridized carbons (Fsp3) is 0.200. The van der Waals surface area contributed by atoms with E-state index < -0.39 is 11.0 Å². The Morgan fingerprint density at radius 2 is 2.11 bits per heavy atom. The van der Waals surface area contributed by atoms with Crippen LogP contribution in [0.2, 0.25) is 0 Å². The Balaban J connectivity index is 3.14. The molecule has 8 nitrogen and oxygen atoms in total. The van der Waals surface area contributed by atoms with E-state index >= 15 is 0 Å². The van der Waals surface area contributed by atoms with Gasteiger partial charge in [0.25, 0.3) is 5.69 Å². The maximum Gasteiger partial charge on any atom is 0.271 e. The summed E-state index contributed by atoms with van der Waals surface area (Å²) >= 11 is 0. The second-order valence-corrected chi connectivity index (χ2v) is 2.99. The zero-order valence-corrected chi connectivity index (χ0v) is 9.27. The first-order chi connectivity index (χ1) is 8.62. The van der Waals surface area contributed by atoms with Crippen molar-refractivity contribution in [2.24, 2.45) is 10.2 Å². The van der Waals surface area contributed by atoms with E-state index in [9.17, 15) is 10.1 Å². The number of hydrogen-bond donors (Lipinski definition) is 0. The number of nitro benzene ring substituents is 1. The lowest BCUT2D eigenvalue weighted by molar-refractivity contribution is -0.384. The summed E-state index contributed by atoms with van der Waals surface area (Å²) in [6.45, 7) is 0. The number of rotatable bonds is 4. The molecule has 1 aromatic carbocycles. The molecule has 0 bridgehead atoms. The molecule has 0 atom stereocenters. The number of azo groups is 1. The van der Waals surface area contributed by atoms with Gasteiger partial charge < -0.3 is 4.74 Å². The highest BCUT2D eigenvalue weighted by atomic mass is 16.6. The lowest BCUT2D eigenvalue weighted by Gasteiger charge is -2.02. The van der Waals surface area contributed by atoms with Crippen LogP contribution in [0.15, 0.2) is 28.4 Å². The molecule has 18 heavy (non-hydrogen) atoms. The molecule has 0 heterocycles. The summed E-state index contributed by atoms with van der Waals surface area (Å²) in [6.07, 6.45) is 0. The van der Waals surface area contributed by atoms with Crippen LogP contribution in [0.5, 0.6) is 5.75 Å². The van der Waals surface area contributed by atoms with Crippen LogP contribution in [0.4, 0.5) is 11.4 Å². The Bertz CT molecular complexity index is 556. The first kappa shape index (κ1) is 13.1. The zero-order valence-electron chi connectivity index (χ0n) is 9.27. The van der Waals surface area contributed by atoms with Crippen molar-refractivity contribution in [3.63, 3.8) is 0 Å². The van der Waals surface area contributed by atoms with E-state index in [0.717, 1.165) is 6.07 Å². The lowest BCUT2D eigenvalue weighted by atomic mass is 10.2. The van der Waals surface area contributed by atoms with Gasteiger partial charge in [-0.25, -0.2) is 0 Å². The maximum atomic E-state index is 10.6. The fourth-order valence-electron chi connectivity index (χ4n) is 1.07. The Kier molecular flexibility index (Phi) is 4.29. The highest BCUT2D eigenvalue weighted by Gasteiger charge is 2.11. The van der Waals surface area contributed by atoms with Gasteiger partial charge in [0.15, 0.2) is 0 Å². The summed E-state index contributed by atoms with van der Waals surface area (Å²) in [4.78, 5) is 10.00. The zero-order chi connectivity index (χ0) is 13.5. The number of ether oxygens (including phenoxy) is 1. The molecular formula is C10H7N5O3. The average molecular weight is 245 g/mol. The van der Waals surface area contributed by atoms with Crippen LogP contribution in [-0.2, 0) is 0 Å². The summed E-state index contributed by atoms with van der Waals surface area (Å²) in [5, 5.41) is 34.7. The quantitative estimate of drug-likeness (QED) is 0.456. The third-order valence-corrected chi connectivity index (χ3v) is 1.90. The second-order valence-electron chi connectivity index (χ2n) is 2.99. The van der Waals surface area contributed by atoms with Crippen LogP contribution in [0, 0.1) is 32.8 Å². The molecule has 0 aliphatic carbocycles. The summed E-state index contributed by atoms with van der Waals surface area (Å²) in [5.41, 5.74) is -0.0996. The number of non-ortho nitro benzene ring substituents is 1. The lowest BCUT2D eigenvalue weighted by Crippen LogP contribution is -1.93. The first-order valence-electron chi connectivity index (χ1n) is 4.65.